The first-order valence-corrected chi connectivity index (χ1v) is 7.16. The van der Waals surface area contributed by atoms with Crippen LogP contribution in [0, 0.1) is 5.92 Å². The number of alkyl halides is 1. The summed E-state index contributed by atoms with van der Waals surface area (Å²) in [7, 11) is 3.06. The summed E-state index contributed by atoms with van der Waals surface area (Å²) < 4.78 is 10.5. The Morgan fingerprint density at radius 3 is 2.20 bits per heavy atom. The summed E-state index contributed by atoms with van der Waals surface area (Å²) in [5.41, 5.74) is 0.415. The van der Waals surface area contributed by atoms with E-state index in [9.17, 15) is 4.79 Å². The molecule has 1 atom stereocenters. The predicted molar refractivity (Wildman–Crippen MR) is 81.0 cm³/mol. The van der Waals surface area contributed by atoms with Gasteiger partial charge in [-0.05, 0) is 24.5 Å². The van der Waals surface area contributed by atoms with E-state index in [2.05, 4.69) is 19.2 Å². The van der Waals surface area contributed by atoms with Crippen LogP contribution in [0.5, 0.6) is 11.5 Å². The van der Waals surface area contributed by atoms with Gasteiger partial charge in [0.1, 0.15) is 17.1 Å². The molecule has 1 unspecified atom stereocenters. The Morgan fingerprint density at radius 1 is 1.25 bits per heavy atom. The number of rotatable bonds is 7. The number of halogens is 1. The summed E-state index contributed by atoms with van der Waals surface area (Å²) in [6.45, 7) is 4.11. The maximum absolute atomic E-state index is 12.5. The molecule has 4 nitrogen and oxygen atoms in total. The zero-order valence-electron chi connectivity index (χ0n) is 12.4. The van der Waals surface area contributed by atoms with E-state index in [1.807, 2.05) is 0 Å². The number of ether oxygens (including phenoxy) is 2. The molecule has 0 aliphatic heterocycles. The van der Waals surface area contributed by atoms with Gasteiger partial charge in [0.2, 0.25) is 0 Å². The molecule has 0 aromatic heterocycles. The molecular weight excluding hydrogens is 278 g/mol. The number of hydrogen-bond donors (Lipinski definition) is 1. The maximum atomic E-state index is 12.5. The second-order valence-corrected chi connectivity index (χ2v) is 5.22. The highest BCUT2D eigenvalue weighted by Gasteiger charge is 2.22. The summed E-state index contributed by atoms with van der Waals surface area (Å²) >= 11 is 5.79. The van der Waals surface area contributed by atoms with E-state index in [0.717, 1.165) is 6.42 Å². The SMILES string of the molecule is COc1cccc(OC)c1C(=O)NC(CCCl)C(C)C. The molecule has 0 saturated carbocycles. The lowest BCUT2D eigenvalue weighted by Gasteiger charge is -2.22. The van der Waals surface area contributed by atoms with Gasteiger partial charge >= 0.3 is 0 Å². The van der Waals surface area contributed by atoms with Crippen molar-refractivity contribution >= 4 is 17.5 Å². The van der Waals surface area contributed by atoms with Crippen molar-refractivity contribution in [3.8, 4) is 11.5 Å². The van der Waals surface area contributed by atoms with Crippen molar-refractivity contribution in [1.82, 2.24) is 5.32 Å². The van der Waals surface area contributed by atoms with Crippen molar-refractivity contribution in [1.29, 1.82) is 0 Å². The second kappa shape index (κ2) is 8.00. The summed E-state index contributed by atoms with van der Waals surface area (Å²) in [6, 6.07) is 5.29. The Kier molecular flexibility index (Phi) is 6.65. The van der Waals surface area contributed by atoms with Gasteiger partial charge in [-0.25, -0.2) is 0 Å². The van der Waals surface area contributed by atoms with E-state index < -0.39 is 0 Å². The number of methoxy groups -OCH3 is 2. The monoisotopic (exact) mass is 299 g/mol. The van der Waals surface area contributed by atoms with Crippen LogP contribution in [0.1, 0.15) is 30.6 Å². The molecule has 112 valence electrons. The molecule has 1 aromatic carbocycles. The molecule has 0 bridgehead atoms. The van der Waals surface area contributed by atoms with E-state index in [-0.39, 0.29) is 11.9 Å². The summed E-state index contributed by atoms with van der Waals surface area (Å²) in [5, 5.41) is 3.00. The Bertz CT molecular complexity index is 426. The minimum Gasteiger partial charge on any atom is -0.496 e. The van der Waals surface area contributed by atoms with Gasteiger partial charge in [0.05, 0.1) is 14.2 Å². The molecule has 0 spiro atoms. The van der Waals surface area contributed by atoms with Crippen LogP contribution in [-0.2, 0) is 0 Å². The molecule has 0 radical (unpaired) electrons. The number of amides is 1. The molecule has 0 saturated heterocycles. The molecular formula is C15H22ClNO3. The number of benzene rings is 1. The fraction of sp³-hybridized carbons (Fsp3) is 0.533. The van der Waals surface area contributed by atoms with Gasteiger partial charge in [0.25, 0.3) is 5.91 Å². The van der Waals surface area contributed by atoms with Gasteiger partial charge in [0, 0.05) is 11.9 Å². The zero-order valence-corrected chi connectivity index (χ0v) is 13.2. The third-order valence-electron chi connectivity index (χ3n) is 3.20. The lowest BCUT2D eigenvalue weighted by atomic mass is 10.0. The molecule has 0 heterocycles. The second-order valence-electron chi connectivity index (χ2n) is 4.84. The molecule has 0 aliphatic rings. The predicted octanol–water partition coefficient (Wildman–Crippen LogP) is 3.09. The van der Waals surface area contributed by atoms with Crippen molar-refractivity contribution < 1.29 is 14.3 Å². The molecule has 5 heteroatoms. The van der Waals surface area contributed by atoms with Crippen LogP contribution in [-0.4, -0.2) is 32.0 Å². The number of nitrogens with one attached hydrogen (secondary N) is 1. The first-order valence-electron chi connectivity index (χ1n) is 6.63. The van der Waals surface area contributed by atoms with Gasteiger partial charge in [-0.2, -0.15) is 0 Å². The number of carbonyl (C=O) groups excluding carboxylic acids is 1. The lowest BCUT2D eigenvalue weighted by molar-refractivity contribution is 0.0918. The average molecular weight is 300 g/mol. The standard InChI is InChI=1S/C15H22ClNO3/c1-10(2)11(8-9-16)17-15(18)14-12(19-3)6-5-7-13(14)20-4/h5-7,10-11H,8-9H2,1-4H3,(H,17,18). The van der Waals surface area contributed by atoms with Crippen LogP contribution >= 0.6 is 11.6 Å². The summed E-state index contributed by atoms with van der Waals surface area (Å²) in [4.78, 5) is 12.5. The third kappa shape index (κ3) is 4.04. The van der Waals surface area contributed by atoms with Crippen molar-refractivity contribution in [2.24, 2.45) is 5.92 Å². The highest BCUT2D eigenvalue weighted by atomic mass is 35.5. The van der Waals surface area contributed by atoms with Crippen molar-refractivity contribution in [2.75, 3.05) is 20.1 Å². The van der Waals surface area contributed by atoms with Gasteiger partial charge < -0.3 is 14.8 Å². The quantitative estimate of drug-likeness (QED) is 0.787. The van der Waals surface area contributed by atoms with Crippen molar-refractivity contribution in [3.05, 3.63) is 23.8 Å². The van der Waals surface area contributed by atoms with E-state index in [1.165, 1.54) is 14.2 Å². The van der Waals surface area contributed by atoms with Crippen LogP contribution in [0.15, 0.2) is 18.2 Å². The van der Waals surface area contributed by atoms with Gasteiger partial charge in [-0.3, -0.25) is 4.79 Å². The minimum absolute atomic E-state index is 0.0228. The van der Waals surface area contributed by atoms with Crippen molar-refractivity contribution in [2.45, 2.75) is 26.3 Å². The molecule has 1 rings (SSSR count). The fourth-order valence-electron chi connectivity index (χ4n) is 2.01. The molecule has 1 aromatic rings. The van der Waals surface area contributed by atoms with E-state index in [1.54, 1.807) is 18.2 Å². The Hall–Kier alpha value is -1.42. The van der Waals surface area contributed by atoms with Crippen molar-refractivity contribution in [3.63, 3.8) is 0 Å². The zero-order chi connectivity index (χ0) is 15.1. The minimum atomic E-state index is -0.205. The first kappa shape index (κ1) is 16.6. The van der Waals surface area contributed by atoms with Crippen LogP contribution in [0.3, 0.4) is 0 Å². The van der Waals surface area contributed by atoms with Gasteiger partial charge in [-0.15, -0.1) is 11.6 Å². The number of carbonyl (C=O) groups is 1. The summed E-state index contributed by atoms with van der Waals surface area (Å²) in [6.07, 6.45) is 0.725. The topological polar surface area (TPSA) is 47.6 Å². The normalized spacial score (nSPS) is 12.1. The summed E-state index contributed by atoms with van der Waals surface area (Å²) in [5.74, 6) is 1.60. The third-order valence-corrected chi connectivity index (χ3v) is 3.41. The van der Waals surface area contributed by atoms with E-state index in [0.29, 0.717) is 28.9 Å². The van der Waals surface area contributed by atoms with Gasteiger partial charge in [0.15, 0.2) is 0 Å². The van der Waals surface area contributed by atoms with Crippen LogP contribution in [0.25, 0.3) is 0 Å². The number of hydrogen-bond acceptors (Lipinski definition) is 3. The molecule has 0 aliphatic carbocycles. The van der Waals surface area contributed by atoms with E-state index >= 15 is 0 Å². The maximum Gasteiger partial charge on any atom is 0.259 e. The molecule has 1 amide bonds. The highest BCUT2D eigenvalue weighted by Crippen LogP contribution is 2.28. The highest BCUT2D eigenvalue weighted by molar-refractivity contribution is 6.17. The fourth-order valence-corrected chi connectivity index (χ4v) is 2.24. The Balaban J connectivity index is 3.01. The van der Waals surface area contributed by atoms with Crippen LogP contribution < -0.4 is 14.8 Å². The molecule has 0 fully saturated rings. The largest absolute Gasteiger partial charge is 0.496 e. The first-order chi connectivity index (χ1) is 9.54. The Morgan fingerprint density at radius 2 is 1.80 bits per heavy atom. The molecule has 20 heavy (non-hydrogen) atoms. The van der Waals surface area contributed by atoms with E-state index in [4.69, 9.17) is 21.1 Å². The van der Waals surface area contributed by atoms with Crippen LogP contribution in [0.2, 0.25) is 0 Å². The lowest BCUT2D eigenvalue weighted by Crippen LogP contribution is -2.39. The van der Waals surface area contributed by atoms with Crippen LogP contribution in [0.4, 0.5) is 0 Å². The molecule has 1 N–H and O–H groups in total. The average Bonchev–Trinajstić information content (AvgIpc) is 2.45. The Labute approximate surface area is 125 Å². The smallest absolute Gasteiger partial charge is 0.259 e. The van der Waals surface area contributed by atoms with Gasteiger partial charge in [-0.1, -0.05) is 19.9 Å².